The number of carboxylic acids is 2. The number of rotatable bonds is 12. The van der Waals surface area contributed by atoms with Crippen LogP contribution in [0.2, 0.25) is 0 Å². The summed E-state index contributed by atoms with van der Waals surface area (Å²) in [6.07, 6.45) is 2.50. The van der Waals surface area contributed by atoms with Crippen LogP contribution in [-0.2, 0) is 32.0 Å². The zero-order chi connectivity index (χ0) is 30.9. The first-order chi connectivity index (χ1) is 20.6. The number of carbonyl (C=O) groups is 4. The van der Waals surface area contributed by atoms with E-state index in [1.807, 2.05) is 66.7 Å². The Morgan fingerprint density at radius 3 is 1.26 bits per heavy atom. The van der Waals surface area contributed by atoms with Crippen LogP contribution in [0.15, 0.2) is 126 Å². The van der Waals surface area contributed by atoms with Gasteiger partial charge in [0, 0.05) is 29.9 Å². The van der Waals surface area contributed by atoms with Gasteiger partial charge in [0.15, 0.2) is 11.6 Å². The molecule has 4 aromatic rings. The molecule has 0 spiro atoms. The van der Waals surface area contributed by atoms with E-state index in [0.717, 1.165) is 51.1 Å². The van der Waals surface area contributed by atoms with Crippen molar-refractivity contribution in [3.05, 3.63) is 154 Å². The fraction of sp³-hybridized carbons (Fsp3) is 0.135. The van der Waals surface area contributed by atoms with E-state index in [2.05, 4.69) is 36.4 Å². The number of hydrogen-bond donors (Lipinski definition) is 2. The molecule has 216 valence electrons. The predicted octanol–water partition coefficient (Wildman–Crippen LogP) is 6.82. The maximum absolute atomic E-state index is 12.3. The van der Waals surface area contributed by atoms with Crippen LogP contribution in [0.4, 0.5) is 0 Å². The van der Waals surface area contributed by atoms with Gasteiger partial charge in [-0.2, -0.15) is 0 Å². The maximum atomic E-state index is 12.3. The highest BCUT2D eigenvalue weighted by Crippen LogP contribution is 2.34. The van der Waals surface area contributed by atoms with Gasteiger partial charge in [-0.05, 0) is 64.9 Å². The van der Waals surface area contributed by atoms with Crippen molar-refractivity contribution in [3.63, 3.8) is 0 Å². The van der Waals surface area contributed by atoms with Gasteiger partial charge in [-0.1, -0.05) is 103 Å². The second-order valence-corrected chi connectivity index (χ2v) is 10.5. The van der Waals surface area contributed by atoms with Crippen molar-refractivity contribution in [2.75, 3.05) is 0 Å². The molecule has 0 heterocycles. The molecule has 0 aliphatic heterocycles. The van der Waals surface area contributed by atoms with Crippen LogP contribution in [0.3, 0.4) is 0 Å². The number of ketones is 2. The Morgan fingerprint density at radius 2 is 0.884 bits per heavy atom. The Morgan fingerprint density at radius 1 is 0.535 bits per heavy atom. The molecule has 0 aromatic heterocycles. The minimum atomic E-state index is -1.12. The summed E-state index contributed by atoms with van der Waals surface area (Å²) in [4.78, 5) is 46.8. The topological polar surface area (TPSA) is 109 Å². The summed E-state index contributed by atoms with van der Waals surface area (Å²) in [6, 6.07) is 33.9. The Bertz CT molecular complexity index is 1590. The van der Waals surface area contributed by atoms with Crippen molar-refractivity contribution >= 4 is 23.5 Å². The smallest absolute Gasteiger partial charge is 0.331 e. The lowest BCUT2D eigenvalue weighted by atomic mass is 9.83. The molecule has 0 bridgehead atoms. The monoisotopic (exact) mass is 572 g/mol. The van der Waals surface area contributed by atoms with Crippen molar-refractivity contribution < 1.29 is 29.4 Å². The van der Waals surface area contributed by atoms with E-state index in [4.69, 9.17) is 10.2 Å². The van der Waals surface area contributed by atoms with Crippen LogP contribution in [-0.4, -0.2) is 33.7 Å². The molecule has 4 aromatic carbocycles. The second-order valence-electron chi connectivity index (χ2n) is 10.5. The largest absolute Gasteiger partial charge is 0.478 e. The van der Waals surface area contributed by atoms with Gasteiger partial charge in [0.05, 0.1) is 0 Å². The lowest BCUT2D eigenvalue weighted by molar-refractivity contribution is -0.133. The summed E-state index contributed by atoms with van der Waals surface area (Å²) in [7, 11) is 0. The number of carboxylic acid groups (broad SMARTS) is 2. The molecule has 43 heavy (non-hydrogen) atoms. The lowest BCUT2D eigenvalue weighted by Gasteiger charge is -2.20. The van der Waals surface area contributed by atoms with E-state index in [1.165, 1.54) is 13.8 Å². The molecule has 2 N–H and O–H groups in total. The van der Waals surface area contributed by atoms with Crippen molar-refractivity contribution in [2.24, 2.45) is 0 Å². The molecule has 0 radical (unpaired) electrons. The van der Waals surface area contributed by atoms with Crippen LogP contribution >= 0.6 is 0 Å². The van der Waals surface area contributed by atoms with Gasteiger partial charge in [0.1, 0.15) is 0 Å². The Labute approximate surface area is 250 Å². The fourth-order valence-electron chi connectivity index (χ4n) is 4.84. The number of aliphatic carboxylic acids is 2. The number of benzene rings is 4. The van der Waals surface area contributed by atoms with E-state index < -0.39 is 11.9 Å². The molecule has 0 unspecified atom stereocenters. The third kappa shape index (κ3) is 8.33. The van der Waals surface area contributed by atoms with Gasteiger partial charge in [-0.3, -0.25) is 9.59 Å². The van der Waals surface area contributed by atoms with Crippen molar-refractivity contribution in [3.8, 4) is 11.1 Å². The third-order valence-corrected chi connectivity index (χ3v) is 7.16. The van der Waals surface area contributed by atoms with Crippen LogP contribution in [0.25, 0.3) is 11.1 Å². The summed E-state index contributed by atoms with van der Waals surface area (Å²) in [5, 5.41) is 18.1. The second kappa shape index (κ2) is 14.0. The number of carbonyl (C=O) groups excluding carboxylic acids is 2. The molecule has 0 amide bonds. The average Bonchev–Trinajstić information content (AvgIpc) is 2.99. The molecule has 0 aliphatic carbocycles. The molecule has 6 nitrogen and oxygen atoms in total. The van der Waals surface area contributed by atoms with Gasteiger partial charge in [0.2, 0.25) is 0 Å². The van der Waals surface area contributed by atoms with Gasteiger partial charge in [0.25, 0.3) is 0 Å². The van der Waals surface area contributed by atoms with Crippen LogP contribution in [0.5, 0.6) is 0 Å². The minimum Gasteiger partial charge on any atom is -0.478 e. The van der Waals surface area contributed by atoms with Gasteiger partial charge in [-0.15, -0.1) is 0 Å². The summed E-state index contributed by atoms with van der Waals surface area (Å²) in [5.41, 5.74) is 6.84. The Kier molecular flexibility index (Phi) is 9.97. The summed E-state index contributed by atoms with van der Waals surface area (Å²) in [6.45, 7) is 2.79. The Hall–Kier alpha value is -5.36. The zero-order valence-corrected chi connectivity index (χ0v) is 24.0. The van der Waals surface area contributed by atoms with E-state index in [-0.39, 0.29) is 41.5 Å². The van der Waals surface area contributed by atoms with Crippen molar-refractivity contribution in [1.29, 1.82) is 0 Å². The molecule has 0 atom stereocenters. The highest BCUT2D eigenvalue weighted by atomic mass is 16.4. The first-order valence-corrected chi connectivity index (χ1v) is 13.8. The zero-order valence-electron chi connectivity index (χ0n) is 24.0. The summed E-state index contributed by atoms with van der Waals surface area (Å²) >= 11 is 0. The standard InChI is InChI=1S/C37H32O6/c1-24(36(40)41)20-33(38)22-26-8-12-30(13-9-26)35(32-18-16-29(17-19-32)28-6-4-3-5-7-28)31-14-10-27(11-15-31)23-34(39)21-25(2)37(42)43/h3-21,35H,22-23H2,1-2H3,(H,40,41)(H,42,43)/b24-20+,25-21+. The molecule has 0 saturated heterocycles. The molecular formula is C37H32O6. The van der Waals surface area contributed by atoms with E-state index in [1.54, 1.807) is 0 Å². The first kappa shape index (κ1) is 30.6. The number of hydrogen-bond acceptors (Lipinski definition) is 4. The van der Waals surface area contributed by atoms with E-state index >= 15 is 0 Å². The molecule has 0 aliphatic rings. The third-order valence-electron chi connectivity index (χ3n) is 7.16. The maximum Gasteiger partial charge on any atom is 0.331 e. The normalized spacial score (nSPS) is 11.8. The predicted molar refractivity (Wildman–Crippen MR) is 166 cm³/mol. The first-order valence-electron chi connectivity index (χ1n) is 13.8. The van der Waals surface area contributed by atoms with Gasteiger partial charge >= 0.3 is 11.9 Å². The molecule has 4 rings (SSSR count). The highest BCUT2D eigenvalue weighted by Gasteiger charge is 2.18. The molecular weight excluding hydrogens is 540 g/mol. The SMILES string of the molecule is C/C(=C\C(=O)Cc1ccc(C(c2ccc(CC(=O)/C=C(\C)C(=O)O)cc2)c2ccc(-c3ccccc3)cc2)cc1)C(=O)O. The molecule has 6 heteroatoms. The molecule has 0 fully saturated rings. The van der Waals surface area contributed by atoms with Crippen molar-refractivity contribution in [1.82, 2.24) is 0 Å². The number of allylic oxidation sites excluding steroid dienone is 2. The molecule has 0 saturated carbocycles. The van der Waals surface area contributed by atoms with Crippen molar-refractivity contribution in [2.45, 2.75) is 32.6 Å². The van der Waals surface area contributed by atoms with Crippen LogP contribution < -0.4 is 0 Å². The average molecular weight is 573 g/mol. The fourth-order valence-corrected chi connectivity index (χ4v) is 4.84. The summed E-state index contributed by atoms with van der Waals surface area (Å²) < 4.78 is 0. The summed E-state index contributed by atoms with van der Waals surface area (Å²) in [5.74, 6) is -2.93. The van der Waals surface area contributed by atoms with Gasteiger partial charge in [-0.25, -0.2) is 9.59 Å². The highest BCUT2D eigenvalue weighted by molar-refractivity contribution is 5.99. The van der Waals surface area contributed by atoms with Crippen LogP contribution in [0.1, 0.15) is 47.6 Å². The van der Waals surface area contributed by atoms with Crippen LogP contribution in [0, 0.1) is 0 Å². The quantitative estimate of drug-likeness (QED) is 0.142. The Balaban J connectivity index is 1.63. The van der Waals surface area contributed by atoms with E-state index in [9.17, 15) is 19.2 Å². The minimum absolute atomic E-state index is 0.00109. The van der Waals surface area contributed by atoms with E-state index in [0.29, 0.717) is 0 Å². The lowest BCUT2D eigenvalue weighted by Crippen LogP contribution is -2.07. The van der Waals surface area contributed by atoms with Gasteiger partial charge < -0.3 is 10.2 Å².